The fourth-order valence-corrected chi connectivity index (χ4v) is 1.57. The molecule has 1 aromatic carbocycles. The van der Waals surface area contributed by atoms with Crippen molar-refractivity contribution in [1.82, 2.24) is 9.97 Å². The molecule has 19 heavy (non-hydrogen) atoms. The number of hydrogen-bond acceptors (Lipinski definition) is 3. The second-order valence-corrected chi connectivity index (χ2v) is 4.17. The lowest BCUT2D eigenvalue weighted by Gasteiger charge is -2.14. The quantitative estimate of drug-likeness (QED) is 0.803. The molecule has 0 N–H and O–H groups in total. The van der Waals surface area contributed by atoms with Crippen molar-refractivity contribution in [2.45, 2.75) is 13.0 Å². The largest absolute Gasteiger partial charge is 0.430 e. The Morgan fingerprint density at radius 2 is 1.95 bits per heavy atom. The van der Waals surface area contributed by atoms with E-state index in [1.54, 1.807) is 0 Å². The molecule has 7 heteroatoms. The Morgan fingerprint density at radius 1 is 1.21 bits per heavy atom. The molecule has 0 saturated heterocycles. The lowest BCUT2D eigenvalue weighted by molar-refractivity contribution is -0.160. The van der Waals surface area contributed by atoms with E-state index in [4.69, 9.17) is 11.6 Å². The Labute approximate surface area is 112 Å². The predicted octanol–water partition coefficient (Wildman–Crippen LogP) is 3.93. The maximum absolute atomic E-state index is 13.6. The van der Waals surface area contributed by atoms with Crippen LogP contribution in [0.2, 0.25) is 5.15 Å². The molecule has 0 saturated carbocycles. The Morgan fingerprint density at radius 3 is 2.53 bits per heavy atom. The average molecular weight is 289 g/mol. The molecule has 0 radical (unpaired) electrons. The zero-order valence-electron chi connectivity index (χ0n) is 9.70. The Hall–Kier alpha value is -1.82. The van der Waals surface area contributed by atoms with Gasteiger partial charge >= 0.3 is 6.11 Å². The summed E-state index contributed by atoms with van der Waals surface area (Å²) in [7, 11) is 0. The van der Waals surface area contributed by atoms with Gasteiger partial charge in [0.25, 0.3) is 0 Å². The first-order valence-electron chi connectivity index (χ1n) is 5.19. The van der Waals surface area contributed by atoms with Crippen LogP contribution in [0.1, 0.15) is 6.92 Å². The highest BCUT2D eigenvalue weighted by Crippen LogP contribution is 2.28. The van der Waals surface area contributed by atoms with Gasteiger partial charge in [0.05, 0.1) is 5.69 Å². The summed E-state index contributed by atoms with van der Waals surface area (Å²) in [5.41, 5.74) is 0.766. The van der Waals surface area contributed by atoms with Gasteiger partial charge in [-0.1, -0.05) is 11.6 Å². The number of alkyl halides is 2. The van der Waals surface area contributed by atoms with Crippen LogP contribution < -0.4 is 4.74 Å². The third kappa shape index (κ3) is 3.57. The van der Waals surface area contributed by atoms with Crippen molar-refractivity contribution in [3.8, 4) is 17.0 Å². The van der Waals surface area contributed by atoms with Crippen molar-refractivity contribution >= 4 is 11.6 Å². The number of halogens is 4. The number of aromatic nitrogens is 2. The first kappa shape index (κ1) is 13.6. The zero-order valence-corrected chi connectivity index (χ0v) is 10.5. The molecule has 0 spiro atoms. The molecule has 1 heterocycles. The third-order valence-electron chi connectivity index (χ3n) is 2.15. The van der Waals surface area contributed by atoms with Gasteiger partial charge in [0.2, 0.25) is 0 Å². The topological polar surface area (TPSA) is 35.0 Å². The molecule has 0 unspecified atom stereocenters. The van der Waals surface area contributed by atoms with Crippen LogP contribution >= 0.6 is 11.6 Å². The number of ether oxygens (including phenoxy) is 1. The number of rotatable bonds is 3. The standard InChI is InChI=1S/C12H8ClF3N2O/c1-12(15,16)19-10-3-2-7(4-8(10)14)9-5-11(13)18-6-17-9/h2-6H,1H3. The monoisotopic (exact) mass is 288 g/mol. The Kier molecular flexibility index (Phi) is 3.61. The van der Waals surface area contributed by atoms with E-state index in [0.717, 1.165) is 12.1 Å². The van der Waals surface area contributed by atoms with E-state index in [-0.39, 0.29) is 5.15 Å². The van der Waals surface area contributed by atoms with Crippen LogP contribution in [0.3, 0.4) is 0 Å². The van der Waals surface area contributed by atoms with Gasteiger partial charge in [-0.3, -0.25) is 0 Å². The van der Waals surface area contributed by atoms with Gasteiger partial charge in [0.1, 0.15) is 11.5 Å². The van der Waals surface area contributed by atoms with E-state index < -0.39 is 17.7 Å². The molecule has 2 rings (SSSR count). The summed E-state index contributed by atoms with van der Waals surface area (Å²) in [6.45, 7) is 0.532. The Bertz CT molecular complexity index is 602. The second-order valence-electron chi connectivity index (χ2n) is 3.78. The number of benzene rings is 1. The summed E-state index contributed by atoms with van der Waals surface area (Å²) in [6.07, 6.45) is -2.22. The maximum atomic E-state index is 13.6. The van der Waals surface area contributed by atoms with Gasteiger partial charge in [-0.2, -0.15) is 8.78 Å². The summed E-state index contributed by atoms with van der Waals surface area (Å²) < 4.78 is 43.1. The van der Waals surface area contributed by atoms with Gasteiger partial charge in [-0.15, -0.1) is 0 Å². The van der Waals surface area contributed by atoms with Crippen molar-refractivity contribution in [3.05, 3.63) is 41.6 Å². The molecule has 1 aromatic heterocycles. The summed E-state index contributed by atoms with van der Waals surface area (Å²) in [5, 5.41) is 0.200. The molecular weight excluding hydrogens is 281 g/mol. The normalized spacial score (nSPS) is 11.4. The van der Waals surface area contributed by atoms with Gasteiger partial charge in [-0.25, -0.2) is 14.4 Å². The van der Waals surface area contributed by atoms with Crippen LogP contribution in [0.15, 0.2) is 30.6 Å². The van der Waals surface area contributed by atoms with Crippen LogP contribution in [0, 0.1) is 5.82 Å². The second kappa shape index (κ2) is 5.05. The fourth-order valence-electron chi connectivity index (χ4n) is 1.43. The molecule has 100 valence electrons. The summed E-state index contributed by atoms with van der Waals surface area (Å²) >= 11 is 5.68. The summed E-state index contributed by atoms with van der Waals surface area (Å²) in [6, 6.07) is 4.99. The first-order chi connectivity index (χ1) is 8.85. The van der Waals surface area contributed by atoms with Crippen molar-refractivity contribution < 1.29 is 17.9 Å². The van der Waals surface area contributed by atoms with Crippen molar-refractivity contribution in [2.75, 3.05) is 0 Å². The van der Waals surface area contributed by atoms with Crippen LogP contribution in [0.25, 0.3) is 11.3 Å². The number of nitrogens with zero attached hydrogens (tertiary/aromatic N) is 2. The van der Waals surface area contributed by atoms with Crippen molar-refractivity contribution in [2.24, 2.45) is 0 Å². The predicted molar refractivity (Wildman–Crippen MR) is 63.7 cm³/mol. The lowest BCUT2D eigenvalue weighted by atomic mass is 10.1. The van der Waals surface area contributed by atoms with Crippen LogP contribution in [0.5, 0.6) is 5.75 Å². The van der Waals surface area contributed by atoms with E-state index in [0.29, 0.717) is 18.2 Å². The Balaban J connectivity index is 2.34. The highest BCUT2D eigenvalue weighted by atomic mass is 35.5. The van der Waals surface area contributed by atoms with Crippen LogP contribution in [-0.4, -0.2) is 16.1 Å². The minimum absolute atomic E-state index is 0.200. The van der Waals surface area contributed by atoms with E-state index in [9.17, 15) is 13.2 Å². The molecular formula is C12H8ClF3N2O. The van der Waals surface area contributed by atoms with Crippen molar-refractivity contribution in [1.29, 1.82) is 0 Å². The highest BCUT2D eigenvalue weighted by Gasteiger charge is 2.25. The minimum atomic E-state index is -3.44. The minimum Gasteiger partial charge on any atom is -0.430 e. The zero-order chi connectivity index (χ0) is 14.0. The molecule has 0 fully saturated rings. The SMILES string of the molecule is CC(F)(F)Oc1ccc(-c2cc(Cl)ncn2)cc1F. The highest BCUT2D eigenvalue weighted by molar-refractivity contribution is 6.29. The summed E-state index contributed by atoms with van der Waals surface area (Å²) in [4.78, 5) is 7.59. The van der Waals surface area contributed by atoms with Gasteiger partial charge < -0.3 is 4.74 Å². The molecule has 2 aromatic rings. The first-order valence-corrected chi connectivity index (χ1v) is 5.57. The van der Waals surface area contributed by atoms with Gasteiger partial charge in [-0.05, 0) is 18.2 Å². The van der Waals surface area contributed by atoms with Crippen molar-refractivity contribution in [3.63, 3.8) is 0 Å². The van der Waals surface area contributed by atoms with Crippen LogP contribution in [0.4, 0.5) is 13.2 Å². The lowest BCUT2D eigenvalue weighted by Crippen LogP contribution is -2.19. The maximum Gasteiger partial charge on any atom is 0.395 e. The fraction of sp³-hybridized carbons (Fsp3) is 0.167. The van der Waals surface area contributed by atoms with Gasteiger partial charge in [0.15, 0.2) is 11.6 Å². The van der Waals surface area contributed by atoms with Crippen LogP contribution in [-0.2, 0) is 0 Å². The third-order valence-corrected chi connectivity index (χ3v) is 2.36. The van der Waals surface area contributed by atoms with E-state index >= 15 is 0 Å². The molecule has 0 aliphatic rings. The average Bonchev–Trinajstić information content (AvgIpc) is 2.30. The van der Waals surface area contributed by atoms with E-state index in [1.807, 2.05) is 0 Å². The molecule has 0 aliphatic heterocycles. The van der Waals surface area contributed by atoms with Gasteiger partial charge in [0, 0.05) is 18.6 Å². The van der Waals surface area contributed by atoms with E-state index in [2.05, 4.69) is 14.7 Å². The molecule has 0 amide bonds. The molecule has 0 aliphatic carbocycles. The molecule has 3 nitrogen and oxygen atoms in total. The molecule has 0 bridgehead atoms. The smallest absolute Gasteiger partial charge is 0.395 e. The molecule has 0 atom stereocenters. The summed E-state index contributed by atoms with van der Waals surface area (Å²) in [5.74, 6) is -1.44. The van der Waals surface area contributed by atoms with E-state index in [1.165, 1.54) is 18.5 Å². The number of hydrogen-bond donors (Lipinski definition) is 0.